The molecule has 92 valence electrons. The highest BCUT2D eigenvalue weighted by Gasteiger charge is 2.13. The zero-order valence-electron chi connectivity index (χ0n) is 10.2. The Bertz CT molecular complexity index is 331. The number of piperidine rings is 1. The molecule has 0 unspecified atom stereocenters. The fourth-order valence-electron chi connectivity index (χ4n) is 1.64. The molecule has 2 heterocycles. The number of allylic oxidation sites excluding steroid dienone is 2. The topological polar surface area (TPSA) is 23.6 Å². The number of carbonyl (C=O) groups excluding carboxylic acids is 1. The van der Waals surface area contributed by atoms with Crippen molar-refractivity contribution in [3.63, 3.8) is 0 Å². The van der Waals surface area contributed by atoms with E-state index in [9.17, 15) is 4.79 Å². The summed E-state index contributed by atoms with van der Waals surface area (Å²) in [6, 6.07) is 0. The molecular weight excluding hydrogens is 212 g/mol. The molecule has 0 saturated carbocycles. The predicted octanol–water partition coefficient (Wildman–Crippen LogP) is 2.66. The molecule has 0 aliphatic carbocycles. The smallest absolute Gasteiger partial charge is 0.226 e. The van der Waals surface area contributed by atoms with Crippen LogP contribution in [0.2, 0.25) is 0 Å². The van der Waals surface area contributed by atoms with Crippen molar-refractivity contribution in [3.8, 4) is 0 Å². The maximum Gasteiger partial charge on any atom is 0.226 e. The van der Waals surface area contributed by atoms with Crippen LogP contribution in [-0.2, 0) is 4.79 Å². The lowest BCUT2D eigenvalue weighted by Gasteiger charge is -2.21. The first-order chi connectivity index (χ1) is 8.27. The maximum absolute atomic E-state index is 10.9. The van der Waals surface area contributed by atoms with Crippen LogP contribution in [0.1, 0.15) is 19.3 Å². The van der Waals surface area contributed by atoms with Crippen LogP contribution in [0.25, 0.3) is 0 Å². The third-order valence-corrected chi connectivity index (χ3v) is 2.66. The summed E-state index contributed by atoms with van der Waals surface area (Å²) >= 11 is 0. The quantitative estimate of drug-likeness (QED) is 0.730. The molecule has 0 aromatic heterocycles. The van der Waals surface area contributed by atoms with Gasteiger partial charge >= 0.3 is 0 Å². The minimum Gasteiger partial charge on any atom is -0.351 e. The first-order valence-electron chi connectivity index (χ1n) is 5.91. The molecule has 0 aromatic carbocycles. The molecule has 2 aliphatic heterocycles. The van der Waals surface area contributed by atoms with Gasteiger partial charge in [-0.3, -0.25) is 4.79 Å². The standard InChI is InChI=1S/C7H11NO.C7H9N/c1-2-8-6-4-3-5-7(8)9;1-2-8-6-4-3-5-7-8/h2H,1,3-6H2;2-6H,1,7H2. The van der Waals surface area contributed by atoms with E-state index in [0.717, 1.165) is 25.9 Å². The molecule has 1 amide bonds. The van der Waals surface area contributed by atoms with Gasteiger partial charge in [0.2, 0.25) is 5.91 Å². The maximum atomic E-state index is 10.9. The van der Waals surface area contributed by atoms with Crippen LogP contribution in [0.15, 0.2) is 50.0 Å². The van der Waals surface area contributed by atoms with Gasteiger partial charge in [-0.2, -0.15) is 0 Å². The average molecular weight is 232 g/mol. The highest BCUT2D eigenvalue weighted by atomic mass is 16.2. The lowest BCUT2D eigenvalue weighted by atomic mass is 10.1. The summed E-state index contributed by atoms with van der Waals surface area (Å²) in [5.74, 6) is 0.219. The van der Waals surface area contributed by atoms with Crippen LogP contribution < -0.4 is 0 Å². The second-order valence-corrected chi connectivity index (χ2v) is 3.88. The van der Waals surface area contributed by atoms with Crippen molar-refractivity contribution in [2.24, 2.45) is 0 Å². The Kier molecular flexibility index (Phi) is 5.86. The summed E-state index contributed by atoms with van der Waals surface area (Å²) in [5, 5.41) is 0. The molecule has 0 aromatic rings. The van der Waals surface area contributed by atoms with Gasteiger partial charge in [-0.15, -0.1) is 0 Å². The van der Waals surface area contributed by atoms with Crippen LogP contribution in [-0.4, -0.2) is 28.8 Å². The van der Waals surface area contributed by atoms with Crippen LogP contribution in [0.4, 0.5) is 0 Å². The number of hydrogen-bond acceptors (Lipinski definition) is 2. The molecule has 0 atom stereocenters. The van der Waals surface area contributed by atoms with E-state index in [0.29, 0.717) is 6.42 Å². The fraction of sp³-hybridized carbons (Fsp3) is 0.357. The van der Waals surface area contributed by atoms with E-state index < -0.39 is 0 Å². The van der Waals surface area contributed by atoms with Gasteiger partial charge in [0.15, 0.2) is 0 Å². The minimum atomic E-state index is 0.219. The Morgan fingerprint density at radius 1 is 1.18 bits per heavy atom. The zero-order valence-corrected chi connectivity index (χ0v) is 10.2. The van der Waals surface area contributed by atoms with Crippen molar-refractivity contribution in [1.82, 2.24) is 9.80 Å². The van der Waals surface area contributed by atoms with Gasteiger partial charge in [0.1, 0.15) is 0 Å². The Morgan fingerprint density at radius 3 is 2.41 bits per heavy atom. The van der Waals surface area contributed by atoms with E-state index >= 15 is 0 Å². The molecule has 1 saturated heterocycles. The van der Waals surface area contributed by atoms with Crippen LogP contribution in [0.5, 0.6) is 0 Å². The highest BCUT2D eigenvalue weighted by Crippen LogP contribution is 2.09. The van der Waals surface area contributed by atoms with Crippen molar-refractivity contribution < 1.29 is 4.79 Å². The predicted molar refractivity (Wildman–Crippen MR) is 70.9 cm³/mol. The second-order valence-electron chi connectivity index (χ2n) is 3.88. The van der Waals surface area contributed by atoms with E-state index in [1.807, 2.05) is 23.3 Å². The molecule has 0 spiro atoms. The third-order valence-electron chi connectivity index (χ3n) is 2.66. The van der Waals surface area contributed by atoms with Gasteiger partial charge in [-0.1, -0.05) is 25.3 Å². The molecule has 2 rings (SSSR count). The number of carbonyl (C=O) groups is 1. The van der Waals surface area contributed by atoms with E-state index in [1.54, 1.807) is 17.3 Å². The first-order valence-corrected chi connectivity index (χ1v) is 5.91. The summed E-state index contributed by atoms with van der Waals surface area (Å²) in [6.45, 7) is 8.99. The van der Waals surface area contributed by atoms with Gasteiger partial charge in [-0.05, 0) is 31.3 Å². The van der Waals surface area contributed by atoms with Gasteiger partial charge in [-0.25, -0.2) is 0 Å². The molecular formula is C14H20N2O. The highest BCUT2D eigenvalue weighted by molar-refractivity contribution is 5.77. The second kappa shape index (κ2) is 7.49. The van der Waals surface area contributed by atoms with E-state index in [-0.39, 0.29) is 5.91 Å². The molecule has 17 heavy (non-hydrogen) atoms. The van der Waals surface area contributed by atoms with E-state index in [2.05, 4.69) is 19.2 Å². The third kappa shape index (κ3) is 4.72. The molecule has 2 aliphatic rings. The number of amides is 1. The van der Waals surface area contributed by atoms with Crippen molar-refractivity contribution >= 4 is 5.91 Å². The molecule has 0 N–H and O–H groups in total. The van der Waals surface area contributed by atoms with E-state index in [1.165, 1.54) is 0 Å². The van der Waals surface area contributed by atoms with Crippen molar-refractivity contribution in [3.05, 3.63) is 50.0 Å². The summed E-state index contributed by atoms with van der Waals surface area (Å²) in [4.78, 5) is 14.6. The molecule has 1 fully saturated rings. The van der Waals surface area contributed by atoms with E-state index in [4.69, 9.17) is 0 Å². The van der Waals surface area contributed by atoms with Crippen molar-refractivity contribution in [2.75, 3.05) is 13.1 Å². The normalized spacial score (nSPS) is 18.5. The summed E-state index contributed by atoms with van der Waals surface area (Å²) in [5.41, 5.74) is 0. The van der Waals surface area contributed by atoms with Crippen molar-refractivity contribution in [1.29, 1.82) is 0 Å². The van der Waals surface area contributed by atoms with Gasteiger partial charge < -0.3 is 9.80 Å². The number of nitrogens with zero attached hydrogens (tertiary/aromatic N) is 2. The monoisotopic (exact) mass is 232 g/mol. The largest absolute Gasteiger partial charge is 0.351 e. The molecule has 3 heteroatoms. The lowest BCUT2D eigenvalue weighted by molar-refractivity contribution is -0.130. The Hall–Kier alpha value is -1.77. The number of hydrogen-bond donors (Lipinski definition) is 0. The minimum absolute atomic E-state index is 0.219. The average Bonchev–Trinajstić information content (AvgIpc) is 2.41. The zero-order chi connectivity index (χ0) is 12.5. The molecule has 0 bridgehead atoms. The number of rotatable bonds is 2. The molecule has 0 radical (unpaired) electrons. The van der Waals surface area contributed by atoms with Crippen LogP contribution in [0, 0.1) is 0 Å². The Balaban J connectivity index is 0.000000171. The molecule has 3 nitrogen and oxygen atoms in total. The fourth-order valence-corrected chi connectivity index (χ4v) is 1.64. The van der Waals surface area contributed by atoms with Crippen LogP contribution in [0.3, 0.4) is 0 Å². The SMILES string of the molecule is C=CN1C=CC=CC1.C=CN1CCCCC1=O. The summed E-state index contributed by atoms with van der Waals surface area (Å²) < 4.78 is 0. The van der Waals surface area contributed by atoms with Crippen molar-refractivity contribution in [2.45, 2.75) is 19.3 Å². The van der Waals surface area contributed by atoms with Gasteiger partial charge in [0.25, 0.3) is 0 Å². The number of likely N-dealkylation sites (tertiary alicyclic amines) is 1. The van der Waals surface area contributed by atoms with Crippen LogP contribution >= 0.6 is 0 Å². The van der Waals surface area contributed by atoms with Gasteiger partial charge in [0.05, 0.1) is 0 Å². The summed E-state index contributed by atoms with van der Waals surface area (Å²) in [7, 11) is 0. The Labute approximate surface area is 103 Å². The van der Waals surface area contributed by atoms with Gasteiger partial charge in [0, 0.05) is 25.7 Å². The summed E-state index contributed by atoms with van der Waals surface area (Å²) in [6.07, 6.45) is 14.4. The Morgan fingerprint density at radius 2 is 2.00 bits per heavy atom. The first kappa shape index (κ1) is 13.3. The lowest BCUT2D eigenvalue weighted by Crippen LogP contribution is -2.29.